The number of halogens is 2. The smallest absolute Gasteiger partial charge is 0.122 e. The van der Waals surface area contributed by atoms with Crippen LogP contribution in [-0.4, -0.2) is 14.2 Å². The molecule has 0 heterocycles. The molecular formula is C16H17BrClNO. The summed E-state index contributed by atoms with van der Waals surface area (Å²) in [5, 5.41) is 4.07. The second-order valence-corrected chi connectivity index (χ2v) is 5.91. The summed E-state index contributed by atoms with van der Waals surface area (Å²) < 4.78 is 6.49. The lowest BCUT2D eigenvalue weighted by molar-refractivity contribution is 0.406. The Morgan fingerprint density at radius 1 is 1.25 bits per heavy atom. The van der Waals surface area contributed by atoms with Crippen LogP contribution in [0.3, 0.4) is 0 Å². The molecule has 0 spiro atoms. The second-order valence-electron chi connectivity index (χ2n) is 4.56. The van der Waals surface area contributed by atoms with Crippen LogP contribution in [0.1, 0.15) is 17.2 Å². The van der Waals surface area contributed by atoms with Crippen LogP contribution >= 0.6 is 27.5 Å². The molecule has 0 bridgehead atoms. The van der Waals surface area contributed by atoms with Crippen LogP contribution in [0, 0.1) is 0 Å². The lowest BCUT2D eigenvalue weighted by Gasteiger charge is -2.19. The summed E-state index contributed by atoms with van der Waals surface area (Å²) in [6, 6.07) is 14.2. The van der Waals surface area contributed by atoms with Crippen molar-refractivity contribution in [3.05, 3.63) is 63.1 Å². The van der Waals surface area contributed by atoms with Gasteiger partial charge in [-0.1, -0.05) is 39.7 Å². The van der Waals surface area contributed by atoms with Gasteiger partial charge in [-0.3, -0.25) is 0 Å². The largest absolute Gasteiger partial charge is 0.496 e. The van der Waals surface area contributed by atoms with E-state index in [-0.39, 0.29) is 6.04 Å². The SMILES string of the molecule is CNC(Cc1cc(Cl)ccc1OC)c1cccc(Br)c1. The van der Waals surface area contributed by atoms with Crippen LogP contribution in [0.25, 0.3) is 0 Å². The van der Waals surface area contributed by atoms with Gasteiger partial charge in [0.2, 0.25) is 0 Å². The molecule has 2 rings (SSSR count). The maximum Gasteiger partial charge on any atom is 0.122 e. The van der Waals surface area contributed by atoms with Gasteiger partial charge in [0.15, 0.2) is 0 Å². The third kappa shape index (κ3) is 3.75. The predicted molar refractivity (Wildman–Crippen MR) is 87.7 cm³/mol. The van der Waals surface area contributed by atoms with Crippen molar-refractivity contribution >= 4 is 27.5 Å². The van der Waals surface area contributed by atoms with Gasteiger partial charge in [-0.15, -0.1) is 0 Å². The Morgan fingerprint density at radius 3 is 2.70 bits per heavy atom. The normalized spacial score (nSPS) is 12.2. The molecule has 0 radical (unpaired) electrons. The first-order valence-corrected chi connectivity index (χ1v) is 7.56. The minimum Gasteiger partial charge on any atom is -0.496 e. The van der Waals surface area contributed by atoms with E-state index < -0.39 is 0 Å². The Labute approximate surface area is 133 Å². The average Bonchev–Trinajstić information content (AvgIpc) is 2.45. The van der Waals surface area contributed by atoms with E-state index in [4.69, 9.17) is 16.3 Å². The maximum atomic E-state index is 6.09. The number of methoxy groups -OCH3 is 1. The molecule has 0 aliphatic carbocycles. The van der Waals surface area contributed by atoms with Gasteiger partial charge < -0.3 is 10.1 Å². The predicted octanol–water partition coefficient (Wildman–Crippen LogP) is 4.61. The van der Waals surface area contributed by atoms with Gasteiger partial charge in [-0.25, -0.2) is 0 Å². The number of hydrogen-bond acceptors (Lipinski definition) is 2. The highest BCUT2D eigenvalue weighted by Gasteiger charge is 2.14. The van der Waals surface area contributed by atoms with Gasteiger partial charge in [0, 0.05) is 15.5 Å². The molecule has 0 aliphatic rings. The van der Waals surface area contributed by atoms with Crippen molar-refractivity contribution < 1.29 is 4.74 Å². The van der Waals surface area contributed by atoms with Crippen LogP contribution in [0.2, 0.25) is 5.02 Å². The lowest BCUT2D eigenvalue weighted by Crippen LogP contribution is -2.19. The Bertz CT molecular complexity index is 588. The number of likely N-dealkylation sites (N-methyl/N-ethyl adjacent to an activating group) is 1. The topological polar surface area (TPSA) is 21.3 Å². The van der Waals surface area contributed by atoms with Crippen LogP contribution in [-0.2, 0) is 6.42 Å². The number of benzene rings is 2. The first-order chi connectivity index (χ1) is 9.63. The van der Waals surface area contributed by atoms with Crippen molar-refractivity contribution in [1.29, 1.82) is 0 Å². The van der Waals surface area contributed by atoms with Crippen molar-refractivity contribution in [2.45, 2.75) is 12.5 Å². The van der Waals surface area contributed by atoms with Gasteiger partial charge in [0.25, 0.3) is 0 Å². The number of rotatable bonds is 5. The number of hydrogen-bond donors (Lipinski definition) is 1. The first kappa shape index (κ1) is 15.4. The summed E-state index contributed by atoms with van der Waals surface area (Å²) >= 11 is 9.60. The third-order valence-corrected chi connectivity index (χ3v) is 3.99. The van der Waals surface area contributed by atoms with E-state index in [2.05, 4.69) is 33.4 Å². The minimum absolute atomic E-state index is 0.208. The van der Waals surface area contributed by atoms with Gasteiger partial charge in [0.05, 0.1) is 7.11 Å². The highest BCUT2D eigenvalue weighted by Crippen LogP contribution is 2.28. The molecule has 1 N–H and O–H groups in total. The summed E-state index contributed by atoms with van der Waals surface area (Å²) in [6.07, 6.45) is 0.816. The summed E-state index contributed by atoms with van der Waals surface area (Å²) in [5.41, 5.74) is 2.32. The molecule has 20 heavy (non-hydrogen) atoms. The molecule has 2 aromatic rings. The van der Waals surface area contributed by atoms with Crippen molar-refractivity contribution in [3.63, 3.8) is 0 Å². The Morgan fingerprint density at radius 2 is 2.05 bits per heavy atom. The molecule has 1 atom stereocenters. The molecule has 106 valence electrons. The first-order valence-electron chi connectivity index (χ1n) is 6.39. The molecule has 4 heteroatoms. The third-order valence-electron chi connectivity index (χ3n) is 3.27. The molecule has 0 aliphatic heterocycles. The van der Waals surface area contributed by atoms with E-state index >= 15 is 0 Å². The molecule has 0 amide bonds. The van der Waals surface area contributed by atoms with E-state index in [0.29, 0.717) is 0 Å². The molecule has 0 fully saturated rings. The molecule has 0 saturated heterocycles. The van der Waals surface area contributed by atoms with E-state index in [1.807, 2.05) is 37.4 Å². The van der Waals surface area contributed by atoms with Gasteiger partial charge in [0.1, 0.15) is 5.75 Å². The zero-order chi connectivity index (χ0) is 14.5. The number of nitrogens with one attached hydrogen (secondary N) is 1. The summed E-state index contributed by atoms with van der Waals surface area (Å²) in [4.78, 5) is 0. The second kappa shape index (κ2) is 7.11. The van der Waals surface area contributed by atoms with E-state index in [1.54, 1.807) is 7.11 Å². The molecule has 2 nitrogen and oxygen atoms in total. The number of ether oxygens (including phenoxy) is 1. The van der Waals surface area contributed by atoms with Crippen LogP contribution < -0.4 is 10.1 Å². The fraction of sp³-hybridized carbons (Fsp3) is 0.250. The fourth-order valence-electron chi connectivity index (χ4n) is 2.24. The van der Waals surface area contributed by atoms with Crippen molar-refractivity contribution in [3.8, 4) is 5.75 Å². The maximum absolute atomic E-state index is 6.09. The van der Waals surface area contributed by atoms with Crippen molar-refractivity contribution in [1.82, 2.24) is 5.32 Å². The molecule has 2 aromatic carbocycles. The monoisotopic (exact) mass is 353 g/mol. The van der Waals surface area contributed by atoms with Crippen molar-refractivity contribution in [2.75, 3.05) is 14.2 Å². The summed E-state index contributed by atoms with van der Waals surface area (Å²) in [6.45, 7) is 0. The Kier molecular flexibility index (Phi) is 5.46. The van der Waals surface area contributed by atoms with Gasteiger partial charge >= 0.3 is 0 Å². The molecular weight excluding hydrogens is 338 g/mol. The highest BCUT2D eigenvalue weighted by molar-refractivity contribution is 9.10. The van der Waals surface area contributed by atoms with E-state index in [9.17, 15) is 0 Å². The van der Waals surface area contributed by atoms with Crippen LogP contribution in [0.5, 0.6) is 5.75 Å². The standard InChI is InChI=1S/C16H17BrClNO/c1-19-15(11-4-3-5-13(17)8-11)10-12-9-14(18)6-7-16(12)20-2/h3-9,15,19H,10H2,1-2H3. The fourth-order valence-corrected chi connectivity index (χ4v) is 2.85. The minimum atomic E-state index is 0.208. The molecule has 1 unspecified atom stereocenters. The van der Waals surface area contributed by atoms with E-state index in [1.165, 1.54) is 5.56 Å². The quantitative estimate of drug-likeness (QED) is 0.846. The zero-order valence-electron chi connectivity index (χ0n) is 11.5. The highest BCUT2D eigenvalue weighted by atomic mass is 79.9. The van der Waals surface area contributed by atoms with Crippen LogP contribution in [0.4, 0.5) is 0 Å². The zero-order valence-corrected chi connectivity index (χ0v) is 13.8. The molecule has 0 saturated carbocycles. The summed E-state index contributed by atoms with van der Waals surface area (Å²) in [5.74, 6) is 0.865. The van der Waals surface area contributed by atoms with E-state index in [0.717, 1.165) is 27.2 Å². The Balaban J connectivity index is 2.28. The Hall–Kier alpha value is -1.03. The van der Waals surface area contributed by atoms with Gasteiger partial charge in [-0.2, -0.15) is 0 Å². The van der Waals surface area contributed by atoms with Crippen LogP contribution in [0.15, 0.2) is 46.9 Å². The van der Waals surface area contributed by atoms with Gasteiger partial charge in [-0.05, 0) is 54.9 Å². The summed E-state index contributed by atoms with van der Waals surface area (Å²) in [7, 11) is 3.64. The molecule has 0 aromatic heterocycles. The average molecular weight is 355 g/mol. The lowest BCUT2D eigenvalue weighted by atomic mass is 9.98. The van der Waals surface area contributed by atoms with Crippen molar-refractivity contribution in [2.24, 2.45) is 0 Å².